The van der Waals surface area contributed by atoms with E-state index in [4.69, 9.17) is 5.73 Å². The molecule has 0 unspecified atom stereocenters. The number of nitrogens with two attached hydrogens (primary N) is 1. The predicted octanol–water partition coefficient (Wildman–Crippen LogP) is 3.25. The lowest BCUT2D eigenvalue weighted by Crippen LogP contribution is -2.44. The van der Waals surface area contributed by atoms with Crippen LogP contribution in [0.4, 0.5) is 0 Å². The molecule has 2 N–H and O–H groups in total. The zero-order chi connectivity index (χ0) is 10.0. The minimum atomic E-state index is 0.446. The summed E-state index contributed by atoms with van der Waals surface area (Å²) in [6, 6.07) is 0. The molecule has 2 aliphatic rings. The molecule has 1 nitrogen and oxygen atoms in total. The van der Waals surface area contributed by atoms with Crippen molar-refractivity contribution in [1.82, 2.24) is 0 Å². The standard InChI is InChI=1S/C13H23N/c1-2-11-8-13(9-11,10-14)12-6-4-3-5-7-12/h6,11H,2-5,7-10,14H2,1H3. The third kappa shape index (κ3) is 1.63. The van der Waals surface area contributed by atoms with E-state index in [1.54, 1.807) is 5.57 Å². The van der Waals surface area contributed by atoms with E-state index in [-0.39, 0.29) is 0 Å². The summed E-state index contributed by atoms with van der Waals surface area (Å²) in [5.74, 6) is 0.960. The first-order valence-electron chi connectivity index (χ1n) is 6.20. The number of hydrogen-bond donors (Lipinski definition) is 1. The van der Waals surface area contributed by atoms with Gasteiger partial charge in [0.25, 0.3) is 0 Å². The van der Waals surface area contributed by atoms with Gasteiger partial charge in [0.2, 0.25) is 0 Å². The minimum Gasteiger partial charge on any atom is -0.330 e. The second-order valence-electron chi connectivity index (χ2n) is 5.14. The van der Waals surface area contributed by atoms with E-state index < -0.39 is 0 Å². The van der Waals surface area contributed by atoms with Gasteiger partial charge < -0.3 is 5.73 Å². The third-order valence-electron chi connectivity index (χ3n) is 4.30. The number of allylic oxidation sites excluding steroid dienone is 1. The highest BCUT2D eigenvalue weighted by Crippen LogP contribution is 2.53. The van der Waals surface area contributed by atoms with E-state index in [1.807, 2.05) is 0 Å². The van der Waals surface area contributed by atoms with Crippen LogP contribution in [-0.4, -0.2) is 6.54 Å². The van der Waals surface area contributed by atoms with Crippen molar-refractivity contribution in [3.8, 4) is 0 Å². The Morgan fingerprint density at radius 2 is 2.21 bits per heavy atom. The van der Waals surface area contributed by atoms with Gasteiger partial charge in [-0.2, -0.15) is 0 Å². The maximum absolute atomic E-state index is 5.98. The summed E-state index contributed by atoms with van der Waals surface area (Å²) < 4.78 is 0. The minimum absolute atomic E-state index is 0.446. The summed E-state index contributed by atoms with van der Waals surface area (Å²) in [6.07, 6.45) is 12.0. The molecule has 1 saturated carbocycles. The fraction of sp³-hybridized carbons (Fsp3) is 0.846. The monoisotopic (exact) mass is 193 g/mol. The van der Waals surface area contributed by atoms with Crippen LogP contribution in [0.2, 0.25) is 0 Å². The van der Waals surface area contributed by atoms with Crippen LogP contribution in [0, 0.1) is 11.3 Å². The van der Waals surface area contributed by atoms with Gasteiger partial charge in [0.15, 0.2) is 0 Å². The van der Waals surface area contributed by atoms with Gasteiger partial charge in [-0.15, -0.1) is 0 Å². The summed E-state index contributed by atoms with van der Waals surface area (Å²) in [4.78, 5) is 0. The lowest BCUT2D eigenvalue weighted by Gasteiger charge is -2.49. The normalized spacial score (nSPS) is 37.6. The maximum Gasteiger partial charge on any atom is 0.00397 e. The summed E-state index contributed by atoms with van der Waals surface area (Å²) in [5, 5.41) is 0. The van der Waals surface area contributed by atoms with Crippen molar-refractivity contribution in [3.05, 3.63) is 11.6 Å². The Bertz CT molecular complexity index is 223. The smallest absolute Gasteiger partial charge is 0.00397 e. The summed E-state index contributed by atoms with van der Waals surface area (Å²) >= 11 is 0. The zero-order valence-electron chi connectivity index (χ0n) is 9.39. The molecule has 0 aliphatic heterocycles. The molecule has 80 valence electrons. The average molecular weight is 193 g/mol. The highest BCUT2D eigenvalue weighted by Gasteiger charge is 2.44. The molecule has 0 radical (unpaired) electrons. The largest absolute Gasteiger partial charge is 0.330 e. The predicted molar refractivity (Wildman–Crippen MR) is 61.1 cm³/mol. The van der Waals surface area contributed by atoms with E-state index in [2.05, 4.69) is 13.0 Å². The van der Waals surface area contributed by atoms with Crippen LogP contribution in [0.1, 0.15) is 51.9 Å². The van der Waals surface area contributed by atoms with E-state index >= 15 is 0 Å². The topological polar surface area (TPSA) is 26.0 Å². The Hall–Kier alpha value is -0.300. The molecule has 0 aromatic heterocycles. The van der Waals surface area contributed by atoms with Crippen LogP contribution >= 0.6 is 0 Å². The second-order valence-corrected chi connectivity index (χ2v) is 5.14. The molecular weight excluding hydrogens is 170 g/mol. The Kier molecular flexibility index (Phi) is 2.96. The van der Waals surface area contributed by atoms with Gasteiger partial charge in [-0.25, -0.2) is 0 Å². The van der Waals surface area contributed by atoms with Crippen molar-refractivity contribution in [2.45, 2.75) is 51.9 Å². The van der Waals surface area contributed by atoms with E-state index in [1.165, 1.54) is 44.9 Å². The molecule has 0 atom stereocenters. The quantitative estimate of drug-likeness (QED) is 0.684. The summed E-state index contributed by atoms with van der Waals surface area (Å²) in [6.45, 7) is 3.19. The molecular formula is C13H23N. The molecule has 0 aromatic carbocycles. The number of rotatable bonds is 3. The molecule has 0 heterocycles. The van der Waals surface area contributed by atoms with Crippen LogP contribution in [0.15, 0.2) is 11.6 Å². The highest BCUT2D eigenvalue weighted by atomic mass is 14.6. The Labute approximate surface area is 87.8 Å². The molecule has 0 spiro atoms. The first kappa shape index (κ1) is 10.2. The van der Waals surface area contributed by atoms with E-state index in [0.29, 0.717) is 5.41 Å². The average Bonchev–Trinajstić information content (AvgIpc) is 2.19. The lowest BCUT2D eigenvalue weighted by atomic mass is 9.56. The first-order chi connectivity index (χ1) is 6.80. The molecule has 0 bridgehead atoms. The molecule has 0 saturated heterocycles. The fourth-order valence-corrected chi connectivity index (χ4v) is 3.21. The highest BCUT2D eigenvalue weighted by molar-refractivity contribution is 5.21. The fourth-order valence-electron chi connectivity index (χ4n) is 3.21. The van der Waals surface area contributed by atoms with Gasteiger partial charge in [-0.1, -0.05) is 25.0 Å². The Morgan fingerprint density at radius 3 is 2.71 bits per heavy atom. The van der Waals surface area contributed by atoms with Crippen molar-refractivity contribution in [2.75, 3.05) is 6.54 Å². The van der Waals surface area contributed by atoms with Crippen molar-refractivity contribution in [2.24, 2.45) is 17.1 Å². The Balaban J connectivity index is 2.03. The summed E-state index contributed by atoms with van der Waals surface area (Å²) in [5.41, 5.74) is 8.13. The van der Waals surface area contributed by atoms with Crippen LogP contribution in [0.5, 0.6) is 0 Å². The maximum atomic E-state index is 5.98. The zero-order valence-corrected chi connectivity index (χ0v) is 9.39. The van der Waals surface area contributed by atoms with Crippen molar-refractivity contribution in [3.63, 3.8) is 0 Å². The first-order valence-corrected chi connectivity index (χ1v) is 6.20. The number of hydrogen-bond acceptors (Lipinski definition) is 1. The van der Waals surface area contributed by atoms with E-state index in [9.17, 15) is 0 Å². The van der Waals surface area contributed by atoms with Crippen LogP contribution in [0.3, 0.4) is 0 Å². The SMILES string of the molecule is CCC1CC(CN)(C2=CCCCC2)C1. The Morgan fingerprint density at radius 1 is 1.43 bits per heavy atom. The van der Waals surface area contributed by atoms with Crippen LogP contribution in [0.25, 0.3) is 0 Å². The molecule has 2 rings (SSSR count). The second kappa shape index (κ2) is 4.06. The van der Waals surface area contributed by atoms with Crippen molar-refractivity contribution < 1.29 is 0 Å². The van der Waals surface area contributed by atoms with Crippen molar-refractivity contribution in [1.29, 1.82) is 0 Å². The van der Waals surface area contributed by atoms with Crippen LogP contribution in [-0.2, 0) is 0 Å². The van der Waals surface area contributed by atoms with Gasteiger partial charge in [-0.3, -0.25) is 0 Å². The molecule has 0 amide bonds. The van der Waals surface area contributed by atoms with Crippen LogP contribution < -0.4 is 5.73 Å². The van der Waals surface area contributed by atoms with Gasteiger partial charge in [0, 0.05) is 12.0 Å². The third-order valence-corrected chi connectivity index (χ3v) is 4.30. The molecule has 1 heteroatoms. The summed E-state index contributed by atoms with van der Waals surface area (Å²) in [7, 11) is 0. The molecule has 0 aromatic rings. The van der Waals surface area contributed by atoms with Gasteiger partial charge >= 0.3 is 0 Å². The van der Waals surface area contributed by atoms with E-state index in [0.717, 1.165) is 12.5 Å². The van der Waals surface area contributed by atoms with Gasteiger partial charge in [-0.05, 0) is 44.4 Å². The molecule has 14 heavy (non-hydrogen) atoms. The van der Waals surface area contributed by atoms with Crippen molar-refractivity contribution >= 4 is 0 Å². The molecule has 2 aliphatic carbocycles. The van der Waals surface area contributed by atoms with Gasteiger partial charge in [0.05, 0.1) is 0 Å². The van der Waals surface area contributed by atoms with Gasteiger partial charge in [0.1, 0.15) is 0 Å². The lowest BCUT2D eigenvalue weighted by molar-refractivity contribution is 0.0947. The molecule has 1 fully saturated rings.